The number of hydrogen-bond donors (Lipinski definition) is 0. The van der Waals surface area contributed by atoms with E-state index in [9.17, 15) is 9.59 Å². The molecule has 0 saturated heterocycles. The van der Waals surface area contributed by atoms with Crippen LogP contribution in [0.2, 0.25) is 5.02 Å². The minimum Gasteiger partial charge on any atom is -0.462 e. The third-order valence-electron chi connectivity index (χ3n) is 6.14. The van der Waals surface area contributed by atoms with Gasteiger partial charge in [-0.3, -0.25) is 9.78 Å². The quantitative estimate of drug-likeness (QED) is 0.561. The third kappa shape index (κ3) is 3.57. The highest BCUT2D eigenvalue weighted by Gasteiger charge is 2.26. The van der Waals surface area contributed by atoms with E-state index in [4.69, 9.17) is 21.3 Å². The van der Waals surface area contributed by atoms with E-state index in [0.717, 1.165) is 24.1 Å². The first-order valence-corrected chi connectivity index (χ1v) is 11.0. The van der Waals surface area contributed by atoms with Gasteiger partial charge >= 0.3 is 5.97 Å². The molecule has 0 atom stereocenters. The van der Waals surface area contributed by atoms with Crippen molar-refractivity contribution in [1.82, 2.24) is 14.5 Å². The van der Waals surface area contributed by atoms with E-state index in [0.29, 0.717) is 47.4 Å². The maximum absolute atomic E-state index is 13.1. The lowest BCUT2D eigenvalue weighted by molar-refractivity contribution is 0.0524. The number of hydrogen-bond acceptors (Lipinski definition) is 6. The summed E-state index contributed by atoms with van der Waals surface area (Å²) in [5.74, 6) is 0.526. The van der Waals surface area contributed by atoms with Crippen LogP contribution in [-0.4, -0.2) is 27.1 Å². The molecule has 1 aliphatic carbocycles. The minimum absolute atomic E-state index is 0.0251. The van der Waals surface area contributed by atoms with Gasteiger partial charge in [0.05, 0.1) is 29.3 Å². The fourth-order valence-electron chi connectivity index (χ4n) is 4.29. The molecular formula is C23H23ClN4O3. The Morgan fingerprint density at radius 1 is 1.32 bits per heavy atom. The van der Waals surface area contributed by atoms with Gasteiger partial charge in [0, 0.05) is 25.5 Å². The van der Waals surface area contributed by atoms with Crippen LogP contribution in [0, 0.1) is 5.92 Å². The lowest BCUT2D eigenvalue weighted by atomic mass is 9.85. The molecule has 0 aromatic carbocycles. The maximum atomic E-state index is 13.1. The largest absolute Gasteiger partial charge is 0.462 e. The first-order chi connectivity index (χ1) is 15.0. The van der Waals surface area contributed by atoms with E-state index in [1.165, 1.54) is 6.42 Å². The van der Waals surface area contributed by atoms with Crippen LogP contribution >= 0.6 is 11.6 Å². The van der Waals surface area contributed by atoms with Crippen molar-refractivity contribution < 1.29 is 9.53 Å². The van der Waals surface area contributed by atoms with Gasteiger partial charge in [-0.2, -0.15) is 0 Å². The second-order valence-electron chi connectivity index (χ2n) is 8.17. The zero-order valence-corrected chi connectivity index (χ0v) is 18.1. The van der Waals surface area contributed by atoms with Crippen LogP contribution in [0.3, 0.4) is 0 Å². The molecule has 5 rings (SSSR count). The number of fused-ring (bicyclic) bond motifs is 2. The van der Waals surface area contributed by atoms with Crippen molar-refractivity contribution in [1.29, 1.82) is 0 Å². The zero-order valence-electron chi connectivity index (χ0n) is 17.3. The monoisotopic (exact) mass is 438 g/mol. The summed E-state index contributed by atoms with van der Waals surface area (Å²) in [6, 6.07) is 5.61. The molecule has 7 nitrogen and oxygen atoms in total. The molecule has 31 heavy (non-hydrogen) atoms. The second kappa shape index (κ2) is 7.96. The van der Waals surface area contributed by atoms with Crippen molar-refractivity contribution in [3.63, 3.8) is 0 Å². The molecule has 8 heteroatoms. The Hall–Kier alpha value is -2.93. The lowest BCUT2D eigenvalue weighted by Gasteiger charge is -2.27. The predicted molar refractivity (Wildman–Crippen MR) is 118 cm³/mol. The lowest BCUT2D eigenvalue weighted by Crippen LogP contribution is -2.26. The molecule has 2 aliphatic rings. The van der Waals surface area contributed by atoms with Crippen molar-refractivity contribution in [2.24, 2.45) is 5.92 Å². The van der Waals surface area contributed by atoms with Crippen LogP contribution in [0.1, 0.15) is 47.8 Å². The summed E-state index contributed by atoms with van der Waals surface area (Å²) in [5.41, 5.74) is 2.32. The second-order valence-corrected chi connectivity index (χ2v) is 8.58. The van der Waals surface area contributed by atoms with Crippen molar-refractivity contribution in [2.45, 2.75) is 45.8 Å². The number of rotatable bonds is 5. The van der Waals surface area contributed by atoms with E-state index >= 15 is 0 Å². The molecule has 1 aliphatic heterocycles. The molecule has 160 valence electrons. The molecule has 1 fully saturated rings. The maximum Gasteiger partial charge on any atom is 0.343 e. The number of aromatic nitrogens is 3. The van der Waals surface area contributed by atoms with Gasteiger partial charge in [0.1, 0.15) is 11.2 Å². The number of nitrogens with zero attached hydrogens (tertiary/aromatic N) is 4. The number of carbonyl (C=O) groups is 1. The molecule has 0 spiro atoms. The van der Waals surface area contributed by atoms with Crippen molar-refractivity contribution in [3.8, 4) is 0 Å². The number of ether oxygens (including phenoxy) is 1. The van der Waals surface area contributed by atoms with Crippen LogP contribution in [0.25, 0.3) is 11.0 Å². The molecule has 3 aromatic rings. The summed E-state index contributed by atoms with van der Waals surface area (Å²) < 4.78 is 7.03. The average molecular weight is 439 g/mol. The van der Waals surface area contributed by atoms with E-state index in [-0.39, 0.29) is 12.2 Å². The van der Waals surface area contributed by atoms with E-state index in [1.807, 2.05) is 10.6 Å². The first kappa shape index (κ1) is 20.0. The number of esters is 1. The summed E-state index contributed by atoms with van der Waals surface area (Å²) in [6.07, 6.45) is 6.86. The van der Waals surface area contributed by atoms with Gasteiger partial charge in [-0.05, 0) is 43.4 Å². The van der Waals surface area contributed by atoms with Gasteiger partial charge in [0.25, 0.3) is 0 Å². The highest BCUT2D eigenvalue weighted by molar-refractivity contribution is 6.33. The Labute approximate surface area is 184 Å². The fourth-order valence-corrected chi connectivity index (χ4v) is 4.57. The van der Waals surface area contributed by atoms with E-state index < -0.39 is 11.4 Å². The van der Waals surface area contributed by atoms with Crippen LogP contribution in [0.15, 0.2) is 35.4 Å². The normalized spacial score (nSPS) is 15.7. The summed E-state index contributed by atoms with van der Waals surface area (Å²) in [6.45, 7) is 3.91. The smallest absolute Gasteiger partial charge is 0.343 e. The van der Waals surface area contributed by atoms with Gasteiger partial charge in [-0.15, -0.1) is 0 Å². The number of carbonyl (C=O) groups excluding carboxylic acids is 1. The Morgan fingerprint density at radius 2 is 2.16 bits per heavy atom. The molecule has 4 heterocycles. The average Bonchev–Trinajstić information content (AvgIpc) is 3.16. The predicted octanol–water partition coefficient (Wildman–Crippen LogP) is 3.94. The Morgan fingerprint density at radius 3 is 2.87 bits per heavy atom. The van der Waals surface area contributed by atoms with Gasteiger partial charge in [-0.1, -0.05) is 24.1 Å². The molecule has 0 amide bonds. The van der Waals surface area contributed by atoms with Crippen molar-refractivity contribution in [2.75, 3.05) is 11.5 Å². The molecule has 0 unspecified atom stereocenters. The zero-order chi connectivity index (χ0) is 21.5. The SMILES string of the molecule is CCOC(=O)c1cn(CC2CCC2)c2nc(N3Cc4cccnc4C3)c(Cl)cc2c1=O. The summed E-state index contributed by atoms with van der Waals surface area (Å²) in [7, 11) is 0. The molecule has 1 saturated carbocycles. The Balaban J connectivity index is 1.62. The Kier molecular flexibility index (Phi) is 5.14. The number of anilines is 1. The first-order valence-electron chi connectivity index (χ1n) is 10.6. The topological polar surface area (TPSA) is 77.3 Å². The third-order valence-corrected chi connectivity index (χ3v) is 6.42. The Bertz CT molecular complexity index is 1210. The minimum atomic E-state index is -0.613. The van der Waals surface area contributed by atoms with Crippen molar-refractivity contribution in [3.05, 3.63) is 62.7 Å². The van der Waals surface area contributed by atoms with Crippen LogP contribution < -0.4 is 10.3 Å². The highest BCUT2D eigenvalue weighted by atomic mass is 35.5. The summed E-state index contributed by atoms with van der Waals surface area (Å²) >= 11 is 6.60. The van der Waals surface area contributed by atoms with Crippen molar-refractivity contribution >= 4 is 34.4 Å². The molecule has 0 radical (unpaired) electrons. The van der Waals surface area contributed by atoms with Crippen LogP contribution in [0.4, 0.5) is 5.82 Å². The molecule has 0 bridgehead atoms. The molecule has 3 aromatic heterocycles. The number of halogens is 1. The number of pyridine rings is 3. The van der Waals surface area contributed by atoms with E-state index in [1.54, 1.807) is 25.4 Å². The van der Waals surface area contributed by atoms with E-state index in [2.05, 4.69) is 16.0 Å². The van der Waals surface area contributed by atoms with Crippen LogP contribution in [0.5, 0.6) is 0 Å². The standard InChI is InChI=1S/C23H23ClN4O3/c1-2-31-23(30)17-12-27(10-14-5-3-6-14)21-16(20(17)29)9-18(24)22(26-21)28-11-15-7-4-8-25-19(15)13-28/h4,7-9,12,14H,2-3,5-6,10-11,13H2,1H3. The van der Waals surface area contributed by atoms with Gasteiger partial charge < -0.3 is 14.2 Å². The molecule has 0 N–H and O–H groups in total. The fraction of sp³-hybridized carbons (Fsp3) is 0.391. The van der Waals surface area contributed by atoms with Gasteiger partial charge in [0.15, 0.2) is 5.82 Å². The van der Waals surface area contributed by atoms with Gasteiger partial charge in [-0.25, -0.2) is 9.78 Å². The highest BCUT2D eigenvalue weighted by Crippen LogP contribution is 2.34. The molecular weight excluding hydrogens is 416 g/mol. The summed E-state index contributed by atoms with van der Waals surface area (Å²) in [5, 5.41) is 0.724. The van der Waals surface area contributed by atoms with Gasteiger partial charge in [0.2, 0.25) is 5.43 Å². The summed E-state index contributed by atoms with van der Waals surface area (Å²) in [4.78, 5) is 36.9. The van der Waals surface area contributed by atoms with Crippen LogP contribution in [-0.2, 0) is 24.4 Å².